The predicted octanol–water partition coefficient (Wildman–Crippen LogP) is 3.30. The Hall–Kier alpha value is -1.94. The van der Waals surface area contributed by atoms with E-state index < -0.39 is 0 Å². The van der Waals surface area contributed by atoms with Gasteiger partial charge in [0.2, 0.25) is 0 Å². The van der Waals surface area contributed by atoms with Crippen LogP contribution in [0.15, 0.2) is 48.8 Å². The molecule has 17 heavy (non-hydrogen) atoms. The normalized spacial score (nSPS) is 10.6. The minimum atomic E-state index is 0.780. The first-order valence-electron chi connectivity index (χ1n) is 5.40. The molecule has 0 saturated heterocycles. The van der Waals surface area contributed by atoms with Crippen LogP contribution in [0.2, 0.25) is 0 Å². The van der Waals surface area contributed by atoms with Crippen molar-refractivity contribution in [1.82, 2.24) is 9.97 Å². The number of aromatic nitrogens is 2. The number of fused-ring (bicyclic) bond motifs is 1. The maximum absolute atomic E-state index is 4.52. The third-order valence-corrected chi connectivity index (χ3v) is 3.48. The summed E-state index contributed by atoms with van der Waals surface area (Å²) in [5, 5.41) is 4.29. The van der Waals surface area contributed by atoms with Crippen LogP contribution in [0.1, 0.15) is 5.56 Å². The lowest BCUT2D eigenvalue weighted by atomic mass is 10.3. The molecule has 3 aromatic rings. The summed E-state index contributed by atoms with van der Waals surface area (Å²) in [6.07, 6.45) is 3.60. The van der Waals surface area contributed by atoms with Gasteiger partial charge in [-0.3, -0.25) is 4.98 Å². The minimum Gasteiger partial charge on any atom is -0.357 e. The molecule has 0 saturated carbocycles. The van der Waals surface area contributed by atoms with Gasteiger partial charge < -0.3 is 5.32 Å². The third kappa shape index (κ3) is 2.26. The number of anilines is 1. The van der Waals surface area contributed by atoms with Crippen molar-refractivity contribution in [2.45, 2.75) is 6.54 Å². The molecule has 0 aliphatic rings. The molecular formula is C13H11N3S. The van der Waals surface area contributed by atoms with Crippen LogP contribution in [0.4, 0.5) is 5.13 Å². The zero-order valence-electron chi connectivity index (χ0n) is 9.13. The van der Waals surface area contributed by atoms with Gasteiger partial charge in [-0.15, -0.1) is 0 Å². The molecule has 0 bridgehead atoms. The van der Waals surface area contributed by atoms with Crippen LogP contribution in [0.5, 0.6) is 0 Å². The Morgan fingerprint density at radius 1 is 1.06 bits per heavy atom. The van der Waals surface area contributed by atoms with Crippen molar-refractivity contribution in [1.29, 1.82) is 0 Å². The highest BCUT2D eigenvalue weighted by Crippen LogP contribution is 2.25. The molecular weight excluding hydrogens is 230 g/mol. The summed E-state index contributed by atoms with van der Waals surface area (Å²) >= 11 is 1.68. The van der Waals surface area contributed by atoms with Gasteiger partial charge in [0.05, 0.1) is 10.2 Å². The van der Waals surface area contributed by atoms with Gasteiger partial charge in [-0.25, -0.2) is 4.98 Å². The summed E-state index contributed by atoms with van der Waals surface area (Å²) in [5.41, 5.74) is 2.26. The second-order valence-electron chi connectivity index (χ2n) is 3.70. The van der Waals surface area contributed by atoms with Crippen molar-refractivity contribution >= 4 is 26.7 Å². The Kier molecular flexibility index (Phi) is 2.71. The van der Waals surface area contributed by atoms with E-state index in [4.69, 9.17) is 0 Å². The average Bonchev–Trinajstić information content (AvgIpc) is 2.80. The molecule has 1 N–H and O–H groups in total. The molecule has 3 nitrogen and oxygen atoms in total. The number of hydrogen-bond acceptors (Lipinski definition) is 4. The predicted molar refractivity (Wildman–Crippen MR) is 71.2 cm³/mol. The maximum Gasteiger partial charge on any atom is 0.184 e. The van der Waals surface area contributed by atoms with Crippen LogP contribution in [0, 0.1) is 0 Å². The van der Waals surface area contributed by atoms with E-state index >= 15 is 0 Å². The van der Waals surface area contributed by atoms with Gasteiger partial charge in [-0.05, 0) is 29.8 Å². The van der Waals surface area contributed by atoms with E-state index in [0.717, 1.165) is 17.2 Å². The summed E-state index contributed by atoms with van der Waals surface area (Å²) in [6.45, 7) is 0.780. The van der Waals surface area contributed by atoms with E-state index in [-0.39, 0.29) is 0 Å². The molecule has 0 amide bonds. The van der Waals surface area contributed by atoms with Gasteiger partial charge in [0.25, 0.3) is 0 Å². The fourth-order valence-corrected chi connectivity index (χ4v) is 2.49. The van der Waals surface area contributed by atoms with Crippen molar-refractivity contribution in [3.63, 3.8) is 0 Å². The highest BCUT2D eigenvalue weighted by Gasteiger charge is 2.01. The minimum absolute atomic E-state index is 0.780. The van der Waals surface area contributed by atoms with Crippen LogP contribution in [-0.4, -0.2) is 9.97 Å². The summed E-state index contributed by atoms with van der Waals surface area (Å²) < 4.78 is 1.21. The van der Waals surface area contributed by atoms with Gasteiger partial charge in [0.1, 0.15) is 0 Å². The van der Waals surface area contributed by atoms with Crippen LogP contribution < -0.4 is 5.32 Å². The number of nitrogens with zero attached hydrogens (tertiary/aromatic N) is 2. The molecule has 2 aromatic heterocycles. The first kappa shape index (κ1) is 10.2. The largest absolute Gasteiger partial charge is 0.357 e. The summed E-state index contributed by atoms with van der Waals surface area (Å²) in [4.78, 5) is 8.51. The van der Waals surface area contributed by atoms with Gasteiger partial charge in [0, 0.05) is 18.9 Å². The van der Waals surface area contributed by atoms with E-state index in [2.05, 4.69) is 21.4 Å². The molecule has 0 aliphatic heterocycles. The topological polar surface area (TPSA) is 37.8 Å². The second-order valence-corrected chi connectivity index (χ2v) is 4.73. The van der Waals surface area contributed by atoms with E-state index in [0.29, 0.717) is 0 Å². The van der Waals surface area contributed by atoms with Gasteiger partial charge >= 0.3 is 0 Å². The Morgan fingerprint density at radius 3 is 2.71 bits per heavy atom. The zero-order chi connectivity index (χ0) is 11.5. The molecule has 0 fully saturated rings. The van der Waals surface area contributed by atoms with Crippen molar-refractivity contribution in [2.75, 3.05) is 5.32 Å². The molecule has 0 spiro atoms. The molecule has 1 aromatic carbocycles. The molecule has 0 atom stereocenters. The lowest BCUT2D eigenvalue weighted by Crippen LogP contribution is -1.98. The fourth-order valence-electron chi connectivity index (χ4n) is 1.63. The highest BCUT2D eigenvalue weighted by atomic mass is 32.1. The van der Waals surface area contributed by atoms with Crippen molar-refractivity contribution < 1.29 is 0 Å². The molecule has 4 heteroatoms. The van der Waals surface area contributed by atoms with E-state index in [9.17, 15) is 0 Å². The van der Waals surface area contributed by atoms with E-state index in [1.54, 1.807) is 23.7 Å². The Bertz CT molecular complexity index is 586. The van der Waals surface area contributed by atoms with Crippen LogP contribution in [0.3, 0.4) is 0 Å². The number of nitrogens with one attached hydrogen (secondary N) is 1. The number of benzene rings is 1. The molecule has 84 valence electrons. The summed E-state index contributed by atoms with van der Waals surface area (Å²) in [5.74, 6) is 0. The van der Waals surface area contributed by atoms with Gasteiger partial charge in [-0.2, -0.15) is 0 Å². The standard InChI is InChI=1S/C13H11N3S/c1-2-4-12-11(3-1)16-13(17-12)15-9-10-5-7-14-8-6-10/h1-8H,9H2,(H,15,16). The molecule has 0 radical (unpaired) electrons. The molecule has 0 aliphatic carbocycles. The molecule has 3 rings (SSSR count). The lowest BCUT2D eigenvalue weighted by molar-refractivity contribution is 1.12. The third-order valence-electron chi connectivity index (χ3n) is 2.49. The van der Waals surface area contributed by atoms with Crippen LogP contribution >= 0.6 is 11.3 Å². The maximum atomic E-state index is 4.52. The monoisotopic (exact) mass is 241 g/mol. The quantitative estimate of drug-likeness (QED) is 0.764. The fraction of sp³-hybridized carbons (Fsp3) is 0.0769. The average molecular weight is 241 g/mol. The van der Waals surface area contributed by atoms with Gasteiger partial charge in [-0.1, -0.05) is 23.5 Å². The number of thiazole rings is 1. The van der Waals surface area contributed by atoms with Crippen molar-refractivity contribution in [3.8, 4) is 0 Å². The second kappa shape index (κ2) is 4.51. The number of pyridine rings is 1. The van der Waals surface area contributed by atoms with Crippen LogP contribution in [0.25, 0.3) is 10.2 Å². The lowest BCUT2D eigenvalue weighted by Gasteiger charge is -2.01. The van der Waals surface area contributed by atoms with Gasteiger partial charge in [0.15, 0.2) is 5.13 Å². The SMILES string of the molecule is c1ccc2sc(NCc3ccncc3)nc2c1. The zero-order valence-corrected chi connectivity index (χ0v) is 9.95. The Labute approximate surface area is 103 Å². The number of para-hydroxylation sites is 1. The Balaban J connectivity index is 1.77. The Morgan fingerprint density at radius 2 is 1.88 bits per heavy atom. The number of hydrogen-bond donors (Lipinski definition) is 1. The molecule has 0 unspecified atom stereocenters. The van der Waals surface area contributed by atoms with Crippen molar-refractivity contribution in [3.05, 3.63) is 54.4 Å². The highest BCUT2D eigenvalue weighted by molar-refractivity contribution is 7.22. The smallest absolute Gasteiger partial charge is 0.184 e. The first-order valence-corrected chi connectivity index (χ1v) is 6.22. The first-order chi connectivity index (χ1) is 8.42. The summed E-state index contributed by atoms with van der Waals surface area (Å²) in [7, 11) is 0. The summed E-state index contributed by atoms with van der Waals surface area (Å²) in [6, 6.07) is 12.2. The molecule has 2 heterocycles. The van der Waals surface area contributed by atoms with E-state index in [1.165, 1.54) is 10.3 Å². The van der Waals surface area contributed by atoms with Crippen molar-refractivity contribution in [2.24, 2.45) is 0 Å². The van der Waals surface area contributed by atoms with Crippen LogP contribution in [-0.2, 0) is 6.54 Å². The number of rotatable bonds is 3. The van der Waals surface area contributed by atoms with E-state index in [1.807, 2.05) is 30.3 Å².